The lowest BCUT2D eigenvalue weighted by atomic mass is 10.0. The number of hydrogen-bond donors (Lipinski definition) is 1. The summed E-state index contributed by atoms with van der Waals surface area (Å²) in [5.74, 6) is -1.32. The lowest BCUT2D eigenvalue weighted by Gasteiger charge is -2.18. The number of hydrogen-bond acceptors (Lipinski definition) is 3. The van der Waals surface area contributed by atoms with Crippen LogP contribution in [0, 0.1) is 0 Å². The molecule has 0 bridgehead atoms. The molecule has 1 aromatic carbocycles. The number of alkyl halides is 3. The minimum absolute atomic E-state index is 0.0843. The van der Waals surface area contributed by atoms with Crippen LogP contribution in [0.3, 0.4) is 0 Å². The molecule has 1 aromatic rings. The molecule has 128 valence electrons. The van der Waals surface area contributed by atoms with E-state index >= 15 is 0 Å². The Balaban J connectivity index is 3.01. The zero-order chi connectivity index (χ0) is 17.6. The molecule has 1 amide bonds. The average Bonchev–Trinajstić information content (AvgIpc) is 2.47. The number of amides is 1. The predicted octanol–water partition coefficient (Wildman–Crippen LogP) is 3.25. The highest BCUT2D eigenvalue weighted by Crippen LogP contribution is 2.31. The molecular formula is C15H17F4NO3. The lowest BCUT2D eigenvalue weighted by Crippen LogP contribution is -2.42. The molecule has 0 aliphatic heterocycles. The van der Waals surface area contributed by atoms with Gasteiger partial charge >= 0.3 is 12.1 Å². The third-order valence-electron chi connectivity index (χ3n) is 3.04. The number of halogens is 4. The molecule has 0 aliphatic carbocycles. The summed E-state index contributed by atoms with van der Waals surface area (Å²) in [5.41, 5.74) is 0.943. The number of carbonyl (C=O) groups excluding carboxylic acids is 1. The fourth-order valence-electron chi connectivity index (χ4n) is 2.03. The Hall–Kier alpha value is -2.25. The second-order valence-electron chi connectivity index (χ2n) is 4.78. The first-order valence-corrected chi connectivity index (χ1v) is 6.62. The number of carbonyl (C=O) groups is 1. The molecule has 1 rings (SSSR count). The Kier molecular flexibility index (Phi) is 6.41. The van der Waals surface area contributed by atoms with E-state index in [-0.39, 0.29) is 6.42 Å². The molecule has 0 aromatic heterocycles. The van der Waals surface area contributed by atoms with Crippen LogP contribution in [0.25, 0.3) is 6.08 Å². The molecule has 4 nitrogen and oxygen atoms in total. The van der Waals surface area contributed by atoms with E-state index in [1.54, 1.807) is 0 Å². The van der Waals surface area contributed by atoms with Crippen LogP contribution >= 0.6 is 0 Å². The number of rotatable bonds is 6. The maximum Gasteiger partial charge on any atom is 0.471 e. The van der Waals surface area contributed by atoms with Gasteiger partial charge in [-0.15, -0.1) is 0 Å². The number of methoxy groups -OCH3 is 2. The lowest BCUT2D eigenvalue weighted by molar-refractivity contribution is -0.174. The van der Waals surface area contributed by atoms with Gasteiger partial charge in [-0.05, 0) is 37.1 Å². The van der Waals surface area contributed by atoms with Crippen molar-refractivity contribution in [3.8, 4) is 11.5 Å². The van der Waals surface area contributed by atoms with Crippen molar-refractivity contribution in [3.05, 3.63) is 29.6 Å². The highest BCUT2D eigenvalue weighted by molar-refractivity contribution is 5.81. The van der Waals surface area contributed by atoms with E-state index in [0.29, 0.717) is 29.0 Å². The van der Waals surface area contributed by atoms with E-state index in [1.807, 2.05) is 5.32 Å². The van der Waals surface area contributed by atoms with Crippen molar-refractivity contribution in [3.63, 3.8) is 0 Å². The van der Waals surface area contributed by atoms with Crippen molar-refractivity contribution in [2.24, 2.45) is 0 Å². The van der Waals surface area contributed by atoms with Crippen LogP contribution in [0.4, 0.5) is 17.6 Å². The first-order valence-electron chi connectivity index (χ1n) is 6.62. The van der Waals surface area contributed by atoms with Crippen LogP contribution in [0.2, 0.25) is 0 Å². The molecule has 0 spiro atoms. The molecule has 1 unspecified atom stereocenters. The summed E-state index contributed by atoms with van der Waals surface area (Å²) in [7, 11) is 2.77. The minimum Gasteiger partial charge on any atom is -0.496 e. The van der Waals surface area contributed by atoms with Gasteiger partial charge in [0.25, 0.3) is 0 Å². The molecule has 0 radical (unpaired) electrons. The molecule has 0 heterocycles. The van der Waals surface area contributed by atoms with Gasteiger partial charge in [0.2, 0.25) is 0 Å². The van der Waals surface area contributed by atoms with Gasteiger partial charge in [0.1, 0.15) is 11.5 Å². The zero-order valence-electron chi connectivity index (χ0n) is 12.8. The summed E-state index contributed by atoms with van der Waals surface area (Å²) in [6.07, 6.45) is -3.35. The van der Waals surface area contributed by atoms with Crippen molar-refractivity contribution < 1.29 is 31.8 Å². The molecule has 0 saturated carbocycles. The fourth-order valence-corrected chi connectivity index (χ4v) is 2.03. The van der Waals surface area contributed by atoms with Crippen LogP contribution in [0.1, 0.15) is 18.1 Å². The summed E-state index contributed by atoms with van der Waals surface area (Å²) in [5, 5.41) is 1.86. The normalized spacial score (nSPS) is 13.0. The number of nitrogens with one attached hydrogen (secondary N) is 1. The highest BCUT2D eigenvalue weighted by atomic mass is 19.4. The van der Waals surface area contributed by atoms with Gasteiger partial charge in [-0.2, -0.15) is 13.2 Å². The van der Waals surface area contributed by atoms with Gasteiger partial charge in [0, 0.05) is 11.6 Å². The smallest absolute Gasteiger partial charge is 0.471 e. The second-order valence-corrected chi connectivity index (χ2v) is 4.78. The Morgan fingerprint density at radius 1 is 1.26 bits per heavy atom. The van der Waals surface area contributed by atoms with E-state index in [4.69, 9.17) is 9.47 Å². The van der Waals surface area contributed by atoms with Crippen molar-refractivity contribution in [2.45, 2.75) is 25.6 Å². The average molecular weight is 335 g/mol. The quantitative estimate of drug-likeness (QED) is 0.812. The molecule has 0 fully saturated rings. The molecule has 1 atom stereocenters. The van der Waals surface area contributed by atoms with Gasteiger partial charge in [-0.1, -0.05) is 0 Å². The number of ether oxygens (including phenoxy) is 2. The summed E-state index contributed by atoms with van der Waals surface area (Å²) in [4.78, 5) is 10.9. The summed E-state index contributed by atoms with van der Waals surface area (Å²) in [6, 6.07) is 2.25. The van der Waals surface area contributed by atoms with Gasteiger partial charge < -0.3 is 14.8 Å². The van der Waals surface area contributed by atoms with Crippen molar-refractivity contribution >= 4 is 12.0 Å². The van der Waals surface area contributed by atoms with Crippen LogP contribution in [0.5, 0.6) is 11.5 Å². The van der Waals surface area contributed by atoms with E-state index in [1.165, 1.54) is 39.4 Å². The van der Waals surface area contributed by atoms with Crippen LogP contribution in [0.15, 0.2) is 18.5 Å². The zero-order valence-corrected chi connectivity index (χ0v) is 12.8. The summed E-state index contributed by atoms with van der Waals surface area (Å²) in [6.45, 7) is 1.44. The fraction of sp³-hybridized carbons (Fsp3) is 0.400. The topological polar surface area (TPSA) is 47.6 Å². The molecule has 8 heteroatoms. The SMILES string of the molecule is COc1cc(CC(C)NC(=O)C(F)(F)F)c(OC)cc1C=CF. The Morgan fingerprint density at radius 3 is 2.35 bits per heavy atom. The predicted molar refractivity (Wildman–Crippen MR) is 77.1 cm³/mol. The van der Waals surface area contributed by atoms with E-state index in [0.717, 1.165) is 0 Å². The summed E-state index contributed by atoms with van der Waals surface area (Å²) < 4.78 is 59.4. The molecule has 1 N–H and O–H groups in total. The molecular weight excluding hydrogens is 318 g/mol. The maximum absolute atomic E-state index is 12.4. The van der Waals surface area contributed by atoms with Gasteiger partial charge in [-0.25, -0.2) is 4.39 Å². The monoisotopic (exact) mass is 335 g/mol. The Morgan fingerprint density at radius 2 is 1.87 bits per heavy atom. The second kappa shape index (κ2) is 7.85. The van der Waals surface area contributed by atoms with Crippen LogP contribution < -0.4 is 14.8 Å². The Bertz CT molecular complexity index is 585. The van der Waals surface area contributed by atoms with Gasteiger partial charge in [-0.3, -0.25) is 4.79 Å². The van der Waals surface area contributed by atoms with E-state index < -0.39 is 18.1 Å². The van der Waals surface area contributed by atoms with E-state index in [2.05, 4.69) is 0 Å². The molecule has 23 heavy (non-hydrogen) atoms. The van der Waals surface area contributed by atoms with Crippen molar-refractivity contribution in [1.82, 2.24) is 5.32 Å². The third kappa shape index (κ3) is 5.15. The standard InChI is InChI=1S/C15H17F4NO3/c1-9(20-14(21)15(17,18)19)6-11-8-12(22-2)10(4-5-16)7-13(11)23-3/h4-5,7-9H,6H2,1-3H3,(H,20,21). The molecule has 0 saturated heterocycles. The van der Waals surface area contributed by atoms with Crippen molar-refractivity contribution in [1.29, 1.82) is 0 Å². The van der Waals surface area contributed by atoms with Crippen LogP contribution in [-0.4, -0.2) is 32.3 Å². The van der Waals surface area contributed by atoms with Crippen LogP contribution in [-0.2, 0) is 11.2 Å². The largest absolute Gasteiger partial charge is 0.496 e. The van der Waals surface area contributed by atoms with Gasteiger partial charge in [0.05, 0.1) is 20.5 Å². The van der Waals surface area contributed by atoms with Gasteiger partial charge in [0.15, 0.2) is 0 Å². The Labute approximate surface area is 131 Å². The highest BCUT2D eigenvalue weighted by Gasteiger charge is 2.39. The minimum atomic E-state index is -4.94. The third-order valence-corrected chi connectivity index (χ3v) is 3.04. The first-order chi connectivity index (χ1) is 10.7. The van der Waals surface area contributed by atoms with E-state index in [9.17, 15) is 22.4 Å². The van der Waals surface area contributed by atoms with Crippen molar-refractivity contribution in [2.75, 3.05) is 14.2 Å². The summed E-state index contributed by atoms with van der Waals surface area (Å²) >= 11 is 0. The maximum atomic E-state index is 12.4. The first kappa shape index (κ1) is 18.8. The molecule has 0 aliphatic rings. The number of benzene rings is 1.